The Kier molecular flexibility index (Phi) is 9.00. The Morgan fingerprint density at radius 3 is 0.959 bits per heavy atom. The van der Waals surface area contributed by atoms with E-state index in [9.17, 15) is 21.0 Å². The molecule has 0 fully saturated rings. The monoisotopic (exact) mass is 699 g/mol. The maximum atomic E-state index is 10.4. The Bertz CT molecular complexity index is 2150. The number of aromatic nitrogens is 8. The van der Waals surface area contributed by atoms with Crippen LogP contribution in [0.2, 0.25) is 0 Å². The number of hydrogen-bond donors (Lipinski definition) is 0. The molecule has 1 radical (unpaired) electrons. The second kappa shape index (κ2) is 12.0. The Morgan fingerprint density at radius 1 is 0.408 bits per heavy atom. The first-order chi connectivity index (χ1) is 22.1. The van der Waals surface area contributed by atoms with E-state index in [0.29, 0.717) is 22.3 Å². The number of nitrogens with zero attached hydrogens (tertiary/aromatic N) is 12. The number of hydrogen-bond acceptors (Lipinski definition) is 10. The zero-order valence-electron chi connectivity index (χ0n) is 29.7. The van der Waals surface area contributed by atoms with Crippen molar-refractivity contribution in [3.63, 3.8) is 0 Å². The average Bonchev–Trinajstić information content (AvgIpc) is 3.67. The van der Waals surface area contributed by atoms with Gasteiger partial charge in [0.1, 0.15) is 35.9 Å². The summed E-state index contributed by atoms with van der Waals surface area (Å²) in [6, 6.07) is 9.04. The minimum Gasteiger partial charge on any atom is -0.357 e. The van der Waals surface area contributed by atoms with Gasteiger partial charge in [-0.15, -0.1) is 0 Å². The van der Waals surface area contributed by atoms with Crippen LogP contribution in [-0.2, 0) is 27.9 Å². The van der Waals surface area contributed by atoms with Crippen molar-refractivity contribution in [3.05, 3.63) is 45.6 Å². The smallest absolute Gasteiger partial charge is 0.357 e. The van der Waals surface area contributed by atoms with Gasteiger partial charge < -0.3 is 29.9 Å². The summed E-state index contributed by atoms with van der Waals surface area (Å²) in [6.07, 6.45) is 0. The SMILES string of the molecule is CC(C)(C)C1=C(C#N)c2nc1nc1[n-]c(nc3nc(nc4[n-]c(n2)c(C#N)c4C(C)(C)C)C(C(C)(C)C)=C3C#N)c(C#N)c1C(C)(C)C.[Cu+2]. The van der Waals surface area contributed by atoms with Gasteiger partial charge in [0.25, 0.3) is 0 Å². The van der Waals surface area contributed by atoms with Crippen molar-refractivity contribution in [2.45, 2.75) is 93.9 Å². The number of fused-ring (bicyclic) bond motifs is 8. The van der Waals surface area contributed by atoms with Crippen molar-refractivity contribution in [1.82, 2.24) is 39.9 Å². The molecule has 251 valence electrons. The molecule has 3 aromatic rings. The van der Waals surface area contributed by atoms with E-state index in [1.807, 2.05) is 83.1 Å². The summed E-state index contributed by atoms with van der Waals surface area (Å²) < 4.78 is 0. The Morgan fingerprint density at radius 2 is 0.714 bits per heavy atom. The second-order valence-electron chi connectivity index (χ2n) is 15.9. The van der Waals surface area contributed by atoms with Gasteiger partial charge in [-0.05, 0) is 32.8 Å². The molecular formula is C36H36CuN12. The summed E-state index contributed by atoms with van der Waals surface area (Å²) in [4.78, 5) is 38.1. The summed E-state index contributed by atoms with van der Waals surface area (Å²) in [5.74, 6) is 0.520. The fourth-order valence-corrected chi connectivity index (χ4v) is 6.06. The fourth-order valence-electron chi connectivity index (χ4n) is 6.06. The van der Waals surface area contributed by atoms with Crippen LogP contribution in [-0.4, -0.2) is 29.9 Å². The van der Waals surface area contributed by atoms with E-state index >= 15 is 0 Å². The van der Waals surface area contributed by atoms with E-state index in [1.54, 1.807) is 0 Å². The summed E-state index contributed by atoms with van der Waals surface area (Å²) in [5.41, 5.74) is 0.976. The van der Waals surface area contributed by atoms with Gasteiger partial charge in [0.2, 0.25) is 0 Å². The Labute approximate surface area is 296 Å². The Balaban J connectivity index is 0.00000541. The predicted molar refractivity (Wildman–Crippen MR) is 181 cm³/mol. The van der Waals surface area contributed by atoms with E-state index in [-0.39, 0.29) is 85.2 Å². The molecule has 0 amide bonds. The van der Waals surface area contributed by atoms with Gasteiger partial charge in [0.05, 0.1) is 33.9 Å². The van der Waals surface area contributed by atoms with Crippen LogP contribution in [0.1, 0.15) is 129 Å². The summed E-state index contributed by atoms with van der Waals surface area (Å²) in [7, 11) is 0. The van der Waals surface area contributed by atoms with E-state index in [4.69, 9.17) is 39.9 Å². The molecule has 12 nitrogen and oxygen atoms in total. The molecule has 0 aromatic carbocycles. The number of nitriles is 4. The van der Waals surface area contributed by atoms with E-state index in [1.165, 1.54) is 0 Å². The Hall–Kier alpha value is -5.20. The standard InChI is InChI=1S/C36H36N12.Cu/c1-33(2,3)21-17(13-37)25-41-26-19(15-39)23(35(7,8)9)31(45-26)48-32-24(36(10,11)12)20(16-40)28(46-32)42-27-18(14-38)22(34(4,5)6)30(44-27)47-29(21)43-25;/h1-12H3;/q-2;+2. The van der Waals surface area contributed by atoms with E-state index in [2.05, 4.69) is 24.3 Å². The maximum absolute atomic E-state index is 10.4. The van der Waals surface area contributed by atoms with Gasteiger partial charge in [0, 0.05) is 33.7 Å². The van der Waals surface area contributed by atoms with Crippen LogP contribution in [0.15, 0.2) is 0 Å². The minimum absolute atomic E-state index is 0. The normalized spacial score (nSPS) is 13.7. The average molecular weight is 700 g/mol. The second-order valence-corrected chi connectivity index (χ2v) is 15.9. The predicted octanol–water partition coefficient (Wildman–Crippen LogP) is 6.45. The van der Waals surface area contributed by atoms with E-state index in [0.717, 1.165) is 0 Å². The molecule has 8 bridgehead atoms. The van der Waals surface area contributed by atoms with Gasteiger partial charge in [-0.25, -0.2) is 9.97 Å². The largest absolute Gasteiger partial charge is 2.00 e. The number of rotatable bonds is 0. The molecule has 0 aliphatic carbocycles. The fraction of sp³-hybridized carbons (Fsp3) is 0.444. The van der Waals surface area contributed by atoms with Crippen molar-refractivity contribution < 1.29 is 17.1 Å². The van der Waals surface area contributed by atoms with Crippen LogP contribution in [0, 0.1) is 56.2 Å². The molecule has 0 spiro atoms. The zero-order chi connectivity index (χ0) is 35.7. The molecule has 49 heavy (non-hydrogen) atoms. The molecule has 13 heteroatoms. The third-order valence-corrected chi connectivity index (χ3v) is 7.93. The van der Waals surface area contributed by atoms with Crippen LogP contribution in [0.4, 0.5) is 0 Å². The summed E-state index contributed by atoms with van der Waals surface area (Å²) in [5, 5.41) is 41.8. The first kappa shape index (κ1) is 36.6. The van der Waals surface area contributed by atoms with Crippen molar-refractivity contribution >= 4 is 44.9 Å². The zero-order valence-corrected chi connectivity index (χ0v) is 30.6. The van der Waals surface area contributed by atoms with Crippen molar-refractivity contribution in [2.24, 2.45) is 10.8 Å². The third-order valence-electron chi connectivity index (χ3n) is 7.93. The van der Waals surface area contributed by atoms with Gasteiger partial charge in [-0.3, -0.25) is 0 Å². The van der Waals surface area contributed by atoms with E-state index < -0.39 is 21.7 Å². The van der Waals surface area contributed by atoms with Gasteiger partial charge >= 0.3 is 17.1 Å². The minimum atomic E-state index is -0.609. The molecule has 5 rings (SSSR count). The first-order valence-electron chi connectivity index (χ1n) is 15.5. The molecule has 0 N–H and O–H groups in total. The molecule has 0 atom stereocenters. The van der Waals surface area contributed by atoms with Crippen LogP contribution < -0.4 is 9.97 Å². The third kappa shape index (κ3) is 6.25. The van der Waals surface area contributed by atoms with Gasteiger partial charge in [0.15, 0.2) is 0 Å². The molecule has 0 saturated carbocycles. The van der Waals surface area contributed by atoms with Crippen LogP contribution in [0.3, 0.4) is 0 Å². The molecule has 3 aromatic heterocycles. The van der Waals surface area contributed by atoms with Gasteiger partial charge in [-0.2, -0.15) is 21.0 Å². The van der Waals surface area contributed by atoms with Crippen molar-refractivity contribution in [1.29, 1.82) is 21.0 Å². The number of allylic oxidation sites excluding steroid dienone is 4. The molecular weight excluding hydrogens is 664 g/mol. The van der Waals surface area contributed by atoms with Crippen molar-refractivity contribution in [2.75, 3.05) is 0 Å². The van der Waals surface area contributed by atoms with Crippen LogP contribution in [0.5, 0.6) is 0 Å². The maximum Gasteiger partial charge on any atom is 2.00 e. The molecule has 0 saturated heterocycles. The molecule has 0 unspecified atom stereocenters. The molecule has 5 heterocycles. The summed E-state index contributed by atoms with van der Waals surface area (Å²) in [6.45, 7) is 23.2. The van der Waals surface area contributed by atoms with Crippen molar-refractivity contribution in [3.8, 4) is 24.3 Å². The quantitative estimate of drug-likeness (QED) is 0.232. The van der Waals surface area contributed by atoms with Crippen LogP contribution >= 0.6 is 0 Å². The van der Waals surface area contributed by atoms with Gasteiger partial charge in [-0.1, -0.05) is 83.1 Å². The topological polar surface area (TPSA) is 201 Å². The first-order valence-corrected chi connectivity index (χ1v) is 15.5. The van der Waals surface area contributed by atoms with Crippen LogP contribution in [0.25, 0.3) is 44.9 Å². The molecule has 2 aliphatic heterocycles. The molecule has 2 aliphatic rings. The summed E-state index contributed by atoms with van der Waals surface area (Å²) >= 11 is 0.